The first-order valence-corrected chi connectivity index (χ1v) is 9.07. The number of hydrogen-bond donors (Lipinski definition) is 1. The number of nitrogens with zero attached hydrogens (tertiary/aromatic N) is 2. The predicted molar refractivity (Wildman–Crippen MR) is 85.6 cm³/mol. The van der Waals surface area contributed by atoms with Gasteiger partial charge >= 0.3 is 0 Å². The van der Waals surface area contributed by atoms with Gasteiger partial charge in [-0.3, -0.25) is 0 Å². The van der Waals surface area contributed by atoms with Crippen LogP contribution in [0.4, 0.5) is 0 Å². The Kier molecular flexibility index (Phi) is 3.61. The predicted octanol–water partition coefficient (Wildman–Crippen LogP) is 2.61. The van der Waals surface area contributed by atoms with Gasteiger partial charge in [0.15, 0.2) is 11.7 Å². The normalized spacial score (nSPS) is 45.4. The maximum atomic E-state index is 6.30. The van der Waals surface area contributed by atoms with Gasteiger partial charge in [-0.05, 0) is 52.4 Å². The van der Waals surface area contributed by atoms with E-state index in [0.717, 1.165) is 51.2 Å². The molecule has 0 amide bonds. The summed E-state index contributed by atoms with van der Waals surface area (Å²) in [7, 11) is 0. The van der Waals surface area contributed by atoms with Gasteiger partial charge in [0.25, 0.3) is 0 Å². The Morgan fingerprint density at radius 3 is 2.50 bits per heavy atom. The van der Waals surface area contributed by atoms with E-state index in [4.69, 9.17) is 14.5 Å². The molecule has 0 aromatic heterocycles. The first-order chi connectivity index (χ1) is 10.6. The van der Waals surface area contributed by atoms with E-state index < -0.39 is 0 Å². The van der Waals surface area contributed by atoms with Gasteiger partial charge in [-0.2, -0.15) is 0 Å². The van der Waals surface area contributed by atoms with Crippen LogP contribution in [-0.4, -0.2) is 47.6 Å². The third-order valence-corrected chi connectivity index (χ3v) is 5.72. The van der Waals surface area contributed by atoms with Crippen LogP contribution in [0.15, 0.2) is 4.99 Å². The van der Waals surface area contributed by atoms with E-state index in [1.807, 2.05) is 0 Å². The van der Waals surface area contributed by atoms with Crippen molar-refractivity contribution in [3.05, 3.63) is 0 Å². The molecule has 0 radical (unpaired) electrons. The zero-order valence-electron chi connectivity index (χ0n) is 13.9. The largest absolute Gasteiger partial charge is 0.353 e. The minimum atomic E-state index is -0.282. The second-order valence-electron chi connectivity index (χ2n) is 7.63. The Balaban J connectivity index is 1.56. The minimum absolute atomic E-state index is 0.189. The van der Waals surface area contributed by atoms with Crippen molar-refractivity contribution in [3.8, 4) is 0 Å². The van der Waals surface area contributed by atoms with Crippen molar-refractivity contribution in [1.82, 2.24) is 10.2 Å². The zero-order chi connectivity index (χ0) is 15.2. The molecule has 22 heavy (non-hydrogen) atoms. The van der Waals surface area contributed by atoms with Gasteiger partial charge in [0.2, 0.25) is 0 Å². The SMILES string of the molecule is C[C@@H]1CCC[C@]2(CCN3CC[C@]4(CCC[C@@H](C)O4)NC3=N2)O1. The average molecular weight is 307 g/mol. The number of nitrogens with one attached hydrogen (secondary N) is 1. The lowest BCUT2D eigenvalue weighted by Gasteiger charge is -2.51. The molecular weight excluding hydrogens is 278 g/mol. The lowest BCUT2D eigenvalue weighted by atomic mass is 9.92. The van der Waals surface area contributed by atoms with Gasteiger partial charge in [0.1, 0.15) is 5.72 Å². The summed E-state index contributed by atoms with van der Waals surface area (Å²) in [6, 6.07) is 0. The topological polar surface area (TPSA) is 46.1 Å². The Morgan fingerprint density at radius 1 is 1.00 bits per heavy atom. The van der Waals surface area contributed by atoms with E-state index in [-0.39, 0.29) is 11.4 Å². The number of guanidine groups is 1. The molecule has 0 aromatic carbocycles. The van der Waals surface area contributed by atoms with Crippen molar-refractivity contribution < 1.29 is 9.47 Å². The fourth-order valence-corrected chi connectivity index (χ4v) is 4.52. The summed E-state index contributed by atoms with van der Waals surface area (Å²) in [6.07, 6.45) is 9.68. The molecule has 5 nitrogen and oxygen atoms in total. The van der Waals surface area contributed by atoms with Gasteiger partial charge in [-0.15, -0.1) is 0 Å². The summed E-state index contributed by atoms with van der Waals surface area (Å²) in [5.74, 6) is 1.01. The van der Waals surface area contributed by atoms with Crippen LogP contribution in [0.5, 0.6) is 0 Å². The van der Waals surface area contributed by atoms with Crippen LogP contribution in [0.3, 0.4) is 0 Å². The molecule has 4 rings (SSSR count). The van der Waals surface area contributed by atoms with Gasteiger partial charge in [-0.25, -0.2) is 4.99 Å². The van der Waals surface area contributed by atoms with Crippen molar-refractivity contribution in [2.45, 2.75) is 88.9 Å². The molecule has 2 spiro atoms. The molecule has 0 aromatic rings. The van der Waals surface area contributed by atoms with Crippen LogP contribution in [0.1, 0.15) is 65.2 Å². The lowest BCUT2D eigenvalue weighted by molar-refractivity contribution is -0.153. The fraction of sp³-hybridized carbons (Fsp3) is 0.941. The smallest absolute Gasteiger partial charge is 0.198 e. The quantitative estimate of drug-likeness (QED) is 0.747. The Bertz CT molecular complexity index is 469. The molecule has 4 aliphatic rings. The molecule has 3 saturated heterocycles. The fourth-order valence-electron chi connectivity index (χ4n) is 4.52. The standard InChI is InChI=1S/C17H29N3O2/c1-13-5-3-7-16(21-13)9-11-20-12-10-17(19-15(20)18-16)8-4-6-14(2)22-17/h13-14H,3-12H2,1-2H3,(H,18,19)/t13-,14-,16-,17-/m1/s1. The summed E-state index contributed by atoms with van der Waals surface area (Å²) in [6.45, 7) is 6.45. The van der Waals surface area contributed by atoms with E-state index in [2.05, 4.69) is 24.1 Å². The van der Waals surface area contributed by atoms with Gasteiger partial charge < -0.3 is 19.7 Å². The van der Waals surface area contributed by atoms with Crippen molar-refractivity contribution in [2.24, 2.45) is 4.99 Å². The van der Waals surface area contributed by atoms with Crippen LogP contribution in [0.2, 0.25) is 0 Å². The second kappa shape index (κ2) is 5.38. The minimum Gasteiger partial charge on any atom is -0.353 e. The number of rotatable bonds is 0. The highest BCUT2D eigenvalue weighted by atomic mass is 16.5. The third kappa shape index (κ3) is 2.62. The van der Waals surface area contributed by atoms with E-state index in [1.165, 1.54) is 19.3 Å². The maximum Gasteiger partial charge on any atom is 0.198 e. The number of ether oxygens (including phenoxy) is 2. The molecule has 3 fully saturated rings. The number of fused-ring (bicyclic) bond motifs is 1. The highest BCUT2D eigenvalue weighted by Crippen LogP contribution is 2.38. The first-order valence-electron chi connectivity index (χ1n) is 9.07. The van der Waals surface area contributed by atoms with Crippen molar-refractivity contribution in [3.63, 3.8) is 0 Å². The molecule has 4 aliphatic heterocycles. The van der Waals surface area contributed by atoms with Gasteiger partial charge in [0, 0.05) is 25.9 Å². The second-order valence-corrected chi connectivity index (χ2v) is 7.63. The zero-order valence-corrected chi connectivity index (χ0v) is 13.9. The monoisotopic (exact) mass is 307 g/mol. The number of aliphatic imine (C=N–C) groups is 1. The summed E-state index contributed by atoms with van der Waals surface area (Å²) in [5.41, 5.74) is -0.471. The summed E-state index contributed by atoms with van der Waals surface area (Å²) >= 11 is 0. The van der Waals surface area contributed by atoms with Crippen LogP contribution < -0.4 is 5.32 Å². The summed E-state index contributed by atoms with van der Waals surface area (Å²) < 4.78 is 12.6. The molecule has 124 valence electrons. The summed E-state index contributed by atoms with van der Waals surface area (Å²) in [5, 5.41) is 3.66. The Morgan fingerprint density at radius 2 is 1.73 bits per heavy atom. The summed E-state index contributed by atoms with van der Waals surface area (Å²) in [4.78, 5) is 7.43. The van der Waals surface area contributed by atoms with Crippen LogP contribution in [0.25, 0.3) is 0 Å². The number of hydrogen-bond acceptors (Lipinski definition) is 5. The maximum absolute atomic E-state index is 6.30. The van der Waals surface area contributed by atoms with Crippen molar-refractivity contribution >= 4 is 5.96 Å². The Labute approximate surface area is 133 Å². The Hall–Kier alpha value is -0.810. The molecule has 0 saturated carbocycles. The molecule has 4 heterocycles. The molecule has 4 atom stereocenters. The molecule has 1 N–H and O–H groups in total. The van der Waals surface area contributed by atoms with Crippen LogP contribution in [-0.2, 0) is 9.47 Å². The average Bonchev–Trinajstić information content (AvgIpc) is 2.46. The molecular formula is C17H29N3O2. The van der Waals surface area contributed by atoms with E-state index in [0.29, 0.717) is 12.2 Å². The van der Waals surface area contributed by atoms with Crippen molar-refractivity contribution in [2.75, 3.05) is 13.1 Å². The lowest BCUT2D eigenvalue weighted by Crippen LogP contribution is -2.66. The van der Waals surface area contributed by atoms with E-state index in [1.54, 1.807) is 0 Å². The molecule has 5 heteroatoms. The highest BCUT2D eigenvalue weighted by molar-refractivity contribution is 5.82. The highest BCUT2D eigenvalue weighted by Gasteiger charge is 2.46. The van der Waals surface area contributed by atoms with Crippen LogP contribution >= 0.6 is 0 Å². The van der Waals surface area contributed by atoms with Crippen LogP contribution in [0, 0.1) is 0 Å². The van der Waals surface area contributed by atoms with E-state index in [9.17, 15) is 0 Å². The van der Waals surface area contributed by atoms with E-state index >= 15 is 0 Å². The first kappa shape index (κ1) is 14.8. The molecule has 0 aliphatic carbocycles. The van der Waals surface area contributed by atoms with Crippen molar-refractivity contribution in [1.29, 1.82) is 0 Å². The third-order valence-electron chi connectivity index (χ3n) is 5.72. The molecule has 0 bridgehead atoms. The van der Waals surface area contributed by atoms with Gasteiger partial charge in [-0.1, -0.05) is 0 Å². The molecule has 0 unspecified atom stereocenters. The van der Waals surface area contributed by atoms with Gasteiger partial charge in [0.05, 0.1) is 12.2 Å².